The number of halogens is 6. The highest BCUT2D eigenvalue weighted by atomic mass is 79.9. The van der Waals surface area contributed by atoms with Crippen LogP contribution in [-0.4, -0.2) is 24.4 Å². The van der Waals surface area contributed by atoms with Gasteiger partial charge in [-0.25, -0.2) is 0 Å². The average molecular weight is 598 g/mol. The van der Waals surface area contributed by atoms with Gasteiger partial charge in [-0.1, -0.05) is 59.9 Å². The summed E-state index contributed by atoms with van der Waals surface area (Å²) in [6, 6.07) is 9.81. The van der Waals surface area contributed by atoms with E-state index in [-0.39, 0.29) is 25.1 Å². The highest BCUT2D eigenvalue weighted by molar-refractivity contribution is 9.11. The van der Waals surface area contributed by atoms with Crippen LogP contribution in [0.3, 0.4) is 0 Å². The number of rotatable bonds is 4. The summed E-state index contributed by atoms with van der Waals surface area (Å²) in [4.78, 5) is 15.2. The van der Waals surface area contributed by atoms with Crippen LogP contribution in [0.2, 0.25) is 0 Å². The van der Waals surface area contributed by atoms with Gasteiger partial charge in [0.1, 0.15) is 12.0 Å². The molecule has 0 amide bonds. The molecule has 0 aliphatic carbocycles. The molecule has 0 fully saturated rings. The van der Waals surface area contributed by atoms with Crippen LogP contribution >= 0.6 is 47.8 Å². The third-order valence-corrected chi connectivity index (χ3v) is 6.44. The third-order valence-electron chi connectivity index (χ3n) is 4.78. The van der Waals surface area contributed by atoms with E-state index < -0.39 is 17.6 Å². The summed E-state index contributed by atoms with van der Waals surface area (Å²) in [5, 5.41) is 0. The van der Waals surface area contributed by atoms with Gasteiger partial charge in [0.2, 0.25) is 0 Å². The largest absolute Gasteiger partial charge is 0.461 e. The van der Waals surface area contributed by atoms with Crippen LogP contribution in [0, 0.1) is 0 Å². The van der Waals surface area contributed by atoms with Crippen molar-refractivity contribution in [1.82, 2.24) is 0 Å². The van der Waals surface area contributed by atoms with E-state index in [9.17, 15) is 18.0 Å². The number of carbonyl (C=O) groups excluding carboxylic acids is 1. The number of nitrogens with zero attached hydrogens (tertiary/aromatic N) is 1. The number of carbonyl (C=O) groups is 1. The van der Waals surface area contributed by atoms with Crippen LogP contribution in [0.25, 0.3) is 0 Å². The first-order valence-corrected chi connectivity index (χ1v) is 10.9. The number of esters is 1. The molecule has 1 aliphatic rings. The fourth-order valence-corrected chi connectivity index (χ4v) is 5.01. The van der Waals surface area contributed by atoms with Crippen molar-refractivity contribution in [2.75, 3.05) is 6.54 Å². The Bertz CT molecular complexity index is 971. The second kappa shape index (κ2) is 8.51. The lowest BCUT2D eigenvalue weighted by Crippen LogP contribution is -2.43. The molecule has 0 radical (unpaired) electrons. The highest BCUT2D eigenvalue weighted by Gasteiger charge is 2.58. The Labute approximate surface area is 191 Å². The molecule has 0 N–H and O–H groups in total. The van der Waals surface area contributed by atoms with Crippen LogP contribution in [0.1, 0.15) is 30.0 Å². The van der Waals surface area contributed by atoms with Gasteiger partial charge in [-0.3, -0.25) is 9.79 Å². The summed E-state index contributed by atoms with van der Waals surface area (Å²) in [5.41, 5.74) is -0.213. The fraction of sp³-hybridized carbons (Fsp3) is 0.300. The van der Waals surface area contributed by atoms with Crippen molar-refractivity contribution in [2.45, 2.75) is 31.5 Å². The lowest BCUT2D eigenvalue weighted by molar-refractivity contribution is -0.183. The van der Waals surface area contributed by atoms with E-state index in [4.69, 9.17) is 4.74 Å². The van der Waals surface area contributed by atoms with Crippen LogP contribution in [0.4, 0.5) is 13.2 Å². The van der Waals surface area contributed by atoms with Gasteiger partial charge in [0.05, 0.1) is 6.54 Å². The Hall–Kier alpha value is -1.19. The van der Waals surface area contributed by atoms with Crippen molar-refractivity contribution >= 4 is 59.5 Å². The van der Waals surface area contributed by atoms with Gasteiger partial charge in [0, 0.05) is 38.0 Å². The second-order valence-corrected chi connectivity index (χ2v) is 9.45. The molecule has 1 heterocycles. The highest BCUT2D eigenvalue weighted by Crippen LogP contribution is 2.49. The molecule has 0 bridgehead atoms. The van der Waals surface area contributed by atoms with Gasteiger partial charge in [-0.2, -0.15) is 13.2 Å². The first-order chi connectivity index (χ1) is 13.5. The van der Waals surface area contributed by atoms with Crippen LogP contribution in [0.15, 0.2) is 54.8 Å². The van der Waals surface area contributed by atoms with Gasteiger partial charge in [-0.05, 0) is 35.4 Å². The minimum absolute atomic E-state index is 0.0846. The Kier molecular flexibility index (Phi) is 6.60. The maximum atomic E-state index is 14.2. The van der Waals surface area contributed by atoms with Crippen molar-refractivity contribution in [2.24, 2.45) is 4.99 Å². The lowest BCUT2D eigenvalue weighted by Gasteiger charge is -2.32. The van der Waals surface area contributed by atoms with E-state index in [2.05, 4.69) is 52.8 Å². The number of ether oxygens (including phenoxy) is 1. The Morgan fingerprint density at radius 2 is 1.79 bits per heavy atom. The molecular formula is C20H15Br3F3NO2. The SMILES string of the molecule is CC(=O)OCc1ccc(C2=NCC(c3cc(Br)cc(Br)c3)(C(F)(F)F)C2)cc1Br. The maximum Gasteiger partial charge on any atom is 0.400 e. The zero-order chi connectivity index (χ0) is 21.4. The molecular weight excluding hydrogens is 583 g/mol. The maximum absolute atomic E-state index is 14.2. The monoisotopic (exact) mass is 595 g/mol. The van der Waals surface area contributed by atoms with Crippen molar-refractivity contribution in [1.29, 1.82) is 0 Å². The number of alkyl halides is 3. The molecule has 0 saturated carbocycles. The van der Waals surface area contributed by atoms with Crippen molar-refractivity contribution < 1.29 is 22.7 Å². The van der Waals surface area contributed by atoms with Crippen LogP contribution in [0.5, 0.6) is 0 Å². The van der Waals surface area contributed by atoms with Gasteiger partial charge in [-0.15, -0.1) is 0 Å². The van der Waals surface area contributed by atoms with E-state index in [1.165, 1.54) is 19.1 Å². The quantitative estimate of drug-likeness (QED) is 0.367. The molecule has 9 heteroatoms. The Morgan fingerprint density at radius 3 is 2.34 bits per heavy atom. The topological polar surface area (TPSA) is 38.7 Å². The molecule has 2 aromatic rings. The summed E-state index contributed by atoms with van der Waals surface area (Å²) >= 11 is 9.95. The van der Waals surface area contributed by atoms with Gasteiger partial charge < -0.3 is 4.74 Å². The Balaban J connectivity index is 1.93. The van der Waals surface area contributed by atoms with Crippen molar-refractivity contribution in [3.05, 3.63) is 66.5 Å². The molecule has 154 valence electrons. The number of hydrogen-bond donors (Lipinski definition) is 0. The molecule has 0 spiro atoms. The van der Waals surface area contributed by atoms with Gasteiger partial charge in [0.15, 0.2) is 0 Å². The van der Waals surface area contributed by atoms with Gasteiger partial charge >= 0.3 is 12.1 Å². The van der Waals surface area contributed by atoms with Crippen molar-refractivity contribution in [3.63, 3.8) is 0 Å². The molecule has 1 unspecified atom stereocenters. The normalized spacial score (nSPS) is 19.2. The predicted molar refractivity (Wildman–Crippen MR) is 115 cm³/mol. The molecule has 29 heavy (non-hydrogen) atoms. The molecule has 0 saturated heterocycles. The molecule has 1 aliphatic heterocycles. The van der Waals surface area contributed by atoms with E-state index >= 15 is 0 Å². The molecule has 0 aromatic heterocycles. The van der Waals surface area contributed by atoms with Crippen LogP contribution < -0.4 is 0 Å². The standard InChI is InChI=1S/C20H15Br3F3NO2/c1-11(28)29-9-13-3-2-12(4-17(13)23)18-8-19(10-27-18,20(24,25)26)14-5-15(21)7-16(22)6-14/h2-7H,8-10H2,1H3. The fourth-order valence-electron chi connectivity index (χ4n) is 3.22. The number of hydrogen-bond acceptors (Lipinski definition) is 3. The van der Waals surface area contributed by atoms with E-state index in [0.717, 1.165) is 5.56 Å². The van der Waals surface area contributed by atoms with Gasteiger partial charge in [0.25, 0.3) is 0 Å². The first-order valence-electron chi connectivity index (χ1n) is 8.50. The molecule has 1 atom stereocenters. The lowest BCUT2D eigenvalue weighted by atomic mass is 9.76. The predicted octanol–water partition coefficient (Wildman–Crippen LogP) is 6.73. The number of aliphatic imine (C=N–C) groups is 1. The second-order valence-electron chi connectivity index (χ2n) is 6.76. The van der Waals surface area contributed by atoms with Crippen LogP contribution in [-0.2, 0) is 21.6 Å². The summed E-state index contributed by atoms with van der Waals surface area (Å²) in [7, 11) is 0. The zero-order valence-electron chi connectivity index (χ0n) is 15.1. The number of benzene rings is 2. The summed E-state index contributed by atoms with van der Waals surface area (Å²) in [6.45, 7) is 1.02. The molecule has 3 rings (SSSR count). The molecule has 3 nitrogen and oxygen atoms in total. The summed E-state index contributed by atoms with van der Waals surface area (Å²) in [6.07, 6.45) is -4.72. The smallest absolute Gasteiger partial charge is 0.400 e. The molecule has 2 aromatic carbocycles. The minimum atomic E-state index is -4.47. The zero-order valence-corrected chi connectivity index (χ0v) is 19.9. The minimum Gasteiger partial charge on any atom is -0.461 e. The third kappa shape index (κ3) is 4.77. The Morgan fingerprint density at radius 1 is 1.14 bits per heavy atom. The summed E-state index contributed by atoms with van der Waals surface area (Å²) in [5.74, 6) is -0.406. The summed E-state index contributed by atoms with van der Waals surface area (Å²) < 4.78 is 49.4. The van der Waals surface area contributed by atoms with E-state index in [1.807, 2.05) is 0 Å². The first kappa shape index (κ1) is 22.5. The average Bonchev–Trinajstić information content (AvgIpc) is 3.06. The van der Waals surface area contributed by atoms with Crippen molar-refractivity contribution in [3.8, 4) is 0 Å². The van der Waals surface area contributed by atoms with E-state index in [0.29, 0.717) is 24.7 Å². The van der Waals surface area contributed by atoms with E-state index in [1.54, 1.807) is 24.3 Å².